The number of nitrogens with zero attached hydrogens (tertiary/aromatic N) is 3. The quantitative estimate of drug-likeness (QED) is 0.761. The van der Waals surface area contributed by atoms with Crippen LogP contribution in [0.1, 0.15) is 63.1 Å². The molecule has 6 heteroatoms. The molecule has 1 aromatic heterocycles. The fourth-order valence-electron chi connectivity index (χ4n) is 5.90. The van der Waals surface area contributed by atoms with Crippen molar-refractivity contribution in [3.8, 4) is 11.3 Å². The summed E-state index contributed by atoms with van der Waals surface area (Å²) in [5, 5.41) is 8.64. The number of likely N-dealkylation sites (N-methyl/N-ethyl adjacent to an activating group) is 1. The van der Waals surface area contributed by atoms with Crippen LogP contribution in [-0.2, 0) is 10.2 Å². The van der Waals surface area contributed by atoms with E-state index in [1.165, 1.54) is 18.2 Å². The monoisotopic (exact) mass is 397 g/mol. The molecule has 2 saturated carbocycles. The molecule has 0 spiro atoms. The molecule has 29 heavy (non-hydrogen) atoms. The zero-order valence-electron chi connectivity index (χ0n) is 17.0. The molecule has 5 rings (SSSR count). The third-order valence-electron chi connectivity index (χ3n) is 7.91. The summed E-state index contributed by atoms with van der Waals surface area (Å²) >= 11 is 0. The minimum Gasteiger partial charge on any atom is -0.342 e. The number of rotatable bonds is 3. The van der Waals surface area contributed by atoms with E-state index in [1.807, 2.05) is 11.9 Å². The van der Waals surface area contributed by atoms with E-state index in [-0.39, 0.29) is 28.5 Å². The Balaban J connectivity index is 1.63. The molecule has 2 bridgehead atoms. The summed E-state index contributed by atoms with van der Waals surface area (Å²) in [5.74, 6) is -1.07. The fraction of sp³-hybridized carbons (Fsp3) is 0.522. The topological polar surface area (TPSA) is 46.1 Å². The Hall–Kier alpha value is -2.37. The van der Waals surface area contributed by atoms with E-state index in [1.54, 1.807) is 6.07 Å². The second-order valence-corrected chi connectivity index (χ2v) is 9.35. The van der Waals surface area contributed by atoms with Gasteiger partial charge < -0.3 is 4.90 Å². The molecule has 152 valence electrons. The Kier molecular flexibility index (Phi) is 3.90. The molecule has 2 aromatic rings. The first kappa shape index (κ1) is 18.6. The van der Waals surface area contributed by atoms with Gasteiger partial charge in [0.2, 0.25) is 5.91 Å². The van der Waals surface area contributed by atoms with Gasteiger partial charge in [0.05, 0.1) is 22.4 Å². The Morgan fingerprint density at radius 3 is 2.45 bits per heavy atom. The van der Waals surface area contributed by atoms with Crippen molar-refractivity contribution in [1.82, 2.24) is 15.1 Å². The number of amides is 1. The smallest absolute Gasteiger partial charge is 0.235 e. The number of hydrogen-bond donors (Lipinski definition) is 0. The maximum atomic E-state index is 14.3. The molecule has 2 unspecified atom stereocenters. The van der Waals surface area contributed by atoms with Crippen molar-refractivity contribution in [2.45, 2.75) is 63.3 Å². The van der Waals surface area contributed by atoms with Crippen LogP contribution in [0.5, 0.6) is 0 Å². The first-order valence-corrected chi connectivity index (χ1v) is 10.4. The van der Waals surface area contributed by atoms with Gasteiger partial charge in [0.1, 0.15) is 11.6 Å². The molecule has 0 radical (unpaired) electrons. The van der Waals surface area contributed by atoms with Gasteiger partial charge in [-0.2, -0.15) is 5.10 Å². The summed E-state index contributed by atoms with van der Waals surface area (Å²) in [5.41, 5.74) is 0.634. The standard InChI is InChI=1S/C23H25F2N3O/c1-22(2)15-10-11-23(22,21(29)28(3)13-6-4-7-13)20-14(15)12-18(26-27-20)19-16(24)8-5-9-17(19)25/h5,8-9,12-13,15H,4,6-7,10-11H2,1-3H3. The third-order valence-corrected chi connectivity index (χ3v) is 7.91. The van der Waals surface area contributed by atoms with Crippen molar-refractivity contribution in [3.63, 3.8) is 0 Å². The van der Waals surface area contributed by atoms with Gasteiger partial charge in [-0.25, -0.2) is 8.78 Å². The highest BCUT2D eigenvalue weighted by Gasteiger charge is 2.68. The third kappa shape index (κ3) is 2.26. The predicted octanol–water partition coefficient (Wildman–Crippen LogP) is 4.59. The first-order valence-electron chi connectivity index (χ1n) is 10.4. The Labute approximate surface area is 169 Å². The fourth-order valence-corrected chi connectivity index (χ4v) is 5.90. The number of carbonyl (C=O) groups excluding carboxylic acids is 1. The highest BCUT2D eigenvalue weighted by Crippen LogP contribution is 2.68. The van der Waals surface area contributed by atoms with Gasteiger partial charge in [0.25, 0.3) is 0 Å². The molecule has 2 atom stereocenters. The van der Waals surface area contributed by atoms with Crippen molar-refractivity contribution >= 4 is 5.91 Å². The molecule has 4 nitrogen and oxygen atoms in total. The Bertz CT molecular complexity index is 997. The van der Waals surface area contributed by atoms with Crippen molar-refractivity contribution in [2.75, 3.05) is 7.05 Å². The summed E-state index contributed by atoms with van der Waals surface area (Å²) in [4.78, 5) is 15.7. The molecule has 2 fully saturated rings. The first-order chi connectivity index (χ1) is 13.8. The normalized spacial score (nSPS) is 26.9. The molecule has 1 aromatic carbocycles. The molecular formula is C23H25F2N3O. The summed E-state index contributed by atoms with van der Waals surface area (Å²) in [7, 11) is 1.90. The largest absolute Gasteiger partial charge is 0.342 e. The van der Waals surface area contributed by atoms with Crippen molar-refractivity contribution < 1.29 is 13.6 Å². The molecule has 3 aliphatic rings. The number of benzene rings is 1. The number of hydrogen-bond acceptors (Lipinski definition) is 3. The van der Waals surface area contributed by atoms with Crippen LogP contribution in [0.3, 0.4) is 0 Å². The molecule has 0 saturated heterocycles. The van der Waals surface area contributed by atoms with E-state index in [2.05, 4.69) is 24.0 Å². The zero-order chi connectivity index (χ0) is 20.6. The second kappa shape index (κ2) is 6.07. The van der Waals surface area contributed by atoms with E-state index >= 15 is 0 Å². The van der Waals surface area contributed by atoms with Crippen LogP contribution in [0.15, 0.2) is 24.3 Å². The highest BCUT2D eigenvalue weighted by molar-refractivity contribution is 5.92. The lowest BCUT2D eigenvalue weighted by Crippen LogP contribution is -2.54. The number of halogens is 2. The average molecular weight is 397 g/mol. The predicted molar refractivity (Wildman–Crippen MR) is 105 cm³/mol. The van der Waals surface area contributed by atoms with Crippen molar-refractivity contribution in [3.05, 3.63) is 47.2 Å². The Morgan fingerprint density at radius 2 is 1.83 bits per heavy atom. The molecule has 1 heterocycles. The van der Waals surface area contributed by atoms with E-state index < -0.39 is 17.0 Å². The van der Waals surface area contributed by atoms with E-state index in [4.69, 9.17) is 0 Å². The van der Waals surface area contributed by atoms with Crippen molar-refractivity contribution in [1.29, 1.82) is 0 Å². The zero-order valence-corrected chi connectivity index (χ0v) is 17.0. The SMILES string of the molecule is CN(C(=O)C12CCC(c3cc(-c4c(F)cccc4F)nnc31)C2(C)C)C1CCC1. The number of fused-ring (bicyclic) bond motifs is 5. The van der Waals surface area contributed by atoms with Gasteiger partial charge in [-0.1, -0.05) is 19.9 Å². The van der Waals surface area contributed by atoms with E-state index in [9.17, 15) is 13.6 Å². The van der Waals surface area contributed by atoms with Crippen LogP contribution >= 0.6 is 0 Å². The Morgan fingerprint density at radius 1 is 1.14 bits per heavy atom. The molecule has 3 aliphatic carbocycles. The van der Waals surface area contributed by atoms with E-state index in [0.717, 1.165) is 37.7 Å². The number of carbonyl (C=O) groups is 1. The summed E-state index contributed by atoms with van der Waals surface area (Å²) in [6.45, 7) is 4.25. The highest BCUT2D eigenvalue weighted by atomic mass is 19.1. The lowest BCUT2D eigenvalue weighted by Gasteiger charge is -2.43. The molecule has 0 aliphatic heterocycles. The summed E-state index contributed by atoms with van der Waals surface area (Å²) in [6.07, 6.45) is 4.87. The lowest BCUT2D eigenvalue weighted by atomic mass is 9.67. The minimum absolute atomic E-state index is 0.118. The van der Waals surface area contributed by atoms with Gasteiger partial charge in [-0.15, -0.1) is 5.10 Å². The van der Waals surface area contributed by atoms with E-state index in [0.29, 0.717) is 11.7 Å². The van der Waals surface area contributed by atoms with Crippen LogP contribution in [0, 0.1) is 17.0 Å². The maximum Gasteiger partial charge on any atom is 0.235 e. The molecular weight excluding hydrogens is 372 g/mol. The van der Waals surface area contributed by atoms with Crippen molar-refractivity contribution in [2.24, 2.45) is 5.41 Å². The van der Waals surface area contributed by atoms with Gasteiger partial charge >= 0.3 is 0 Å². The van der Waals surface area contributed by atoms with Crippen LogP contribution in [0.4, 0.5) is 8.78 Å². The number of aromatic nitrogens is 2. The van der Waals surface area contributed by atoms with Crippen LogP contribution in [-0.4, -0.2) is 34.1 Å². The van der Waals surface area contributed by atoms with Crippen LogP contribution < -0.4 is 0 Å². The molecule has 1 amide bonds. The average Bonchev–Trinajstić information content (AvgIpc) is 3.01. The van der Waals surface area contributed by atoms with Gasteiger partial charge in [-0.05, 0) is 67.2 Å². The minimum atomic E-state index is -0.712. The van der Waals surface area contributed by atoms with Crippen LogP contribution in [0.2, 0.25) is 0 Å². The van der Waals surface area contributed by atoms with Gasteiger partial charge in [-0.3, -0.25) is 4.79 Å². The second-order valence-electron chi connectivity index (χ2n) is 9.35. The summed E-state index contributed by atoms with van der Waals surface area (Å²) in [6, 6.07) is 5.84. The van der Waals surface area contributed by atoms with Gasteiger partial charge in [0.15, 0.2) is 0 Å². The lowest BCUT2D eigenvalue weighted by molar-refractivity contribution is -0.143. The van der Waals surface area contributed by atoms with Gasteiger partial charge in [0, 0.05) is 13.1 Å². The summed E-state index contributed by atoms with van der Waals surface area (Å²) < 4.78 is 28.6. The van der Waals surface area contributed by atoms with Crippen LogP contribution in [0.25, 0.3) is 11.3 Å². The maximum absolute atomic E-state index is 14.3. The molecule has 0 N–H and O–H groups in total.